The molecule has 2 aromatic rings. The third-order valence-corrected chi connectivity index (χ3v) is 2.63. The zero-order valence-corrected chi connectivity index (χ0v) is 10.7. The van der Waals surface area contributed by atoms with Crippen LogP contribution in [0.4, 0.5) is 18.9 Å². The minimum Gasteiger partial charge on any atom is -0.468 e. The van der Waals surface area contributed by atoms with Gasteiger partial charge in [0.25, 0.3) is 5.91 Å². The fraction of sp³-hybridized carbons (Fsp3) is 0.182. The number of ether oxygens (including phenoxy) is 1. The van der Waals surface area contributed by atoms with E-state index in [0.29, 0.717) is 5.69 Å². The highest BCUT2D eigenvalue weighted by Gasteiger charge is 2.28. The largest absolute Gasteiger partial charge is 0.468 e. The third-order valence-electron chi connectivity index (χ3n) is 2.04. The molecule has 0 atom stereocenters. The molecule has 5 nitrogen and oxygen atoms in total. The molecule has 0 radical (unpaired) electrons. The van der Waals surface area contributed by atoms with Crippen LogP contribution in [0.5, 0.6) is 5.88 Å². The first-order valence-corrected chi connectivity index (χ1v) is 6.23. The summed E-state index contributed by atoms with van der Waals surface area (Å²) in [4.78, 5) is 19.1. The summed E-state index contributed by atoms with van der Waals surface area (Å²) in [5, 5.41) is 4.08. The van der Waals surface area contributed by atoms with Gasteiger partial charge in [-0.3, -0.25) is 4.79 Å². The van der Waals surface area contributed by atoms with E-state index in [1.807, 2.05) is 0 Å². The summed E-state index contributed by atoms with van der Waals surface area (Å²) in [6.07, 6.45) is -3.21. The van der Waals surface area contributed by atoms with E-state index in [-0.39, 0.29) is 11.6 Å². The number of carbonyl (C=O) groups excluding carboxylic acids is 1. The van der Waals surface area contributed by atoms with Crippen molar-refractivity contribution in [2.45, 2.75) is 6.18 Å². The summed E-state index contributed by atoms with van der Waals surface area (Å²) in [7, 11) is 0. The topological polar surface area (TPSA) is 64.1 Å². The van der Waals surface area contributed by atoms with E-state index in [1.54, 1.807) is 5.38 Å². The maximum absolute atomic E-state index is 11.9. The van der Waals surface area contributed by atoms with E-state index >= 15 is 0 Å². The highest BCUT2D eigenvalue weighted by molar-refractivity contribution is 7.07. The third kappa shape index (κ3) is 4.19. The van der Waals surface area contributed by atoms with E-state index in [9.17, 15) is 18.0 Å². The predicted octanol–water partition coefficient (Wildman–Crippen LogP) is 2.73. The van der Waals surface area contributed by atoms with E-state index in [4.69, 9.17) is 0 Å². The van der Waals surface area contributed by atoms with Crippen molar-refractivity contribution in [3.05, 3.63) is 34.9 Å². The Balaban J connectivity index is 1.93. The van der Waals surface area contributed by atoms with Gasteiger partial charge < -0.3 is 10.1 Å². The summed E-state index contributed by atoms with van der Waals surface area (Å²) >= 11 is 1.28. The van der Waals surface area contributed by atoms with Crippen molar-refractivity contribution in [3.63, 3.8) is 0 Å². The number of carbonyl (C=O) groups is 1. The SMILES string of the molecule is O=C(Nc1ccc(OCC(F)(F)F)nc1)c1cscn1. The van der Waals surface area contributed by atoms with Gasteiger partial charge in [0, 0.05) is 11.4 Å². The summed E-state index contributed by atoms with van der Waals surface area (Å²) in [5.41, 5.74) is 2.11. The van der Waals surface area contributed by atoms with Crippen LogP contribution in [-0.2, 0) is 0 Å². The van der Waals surface area contributed by atoms with Crippen LogP contribution < -0.4 is 10.1 Å². The van der Waals surface area contributed by atoms with Crippen molar-refractivity contribution in [1.29, 1.82) is 0 Å². The molecule has 2 heterocycles. The molecular formula is C11H8F3N3O2S. The van der Waals surface area contributed by atoms with Crippen molar-refractivity contribution in [2.75, 3.05) is 11.9 Å². The molecule has 0 aromatic carbocycles. The Bertz CT molecular complexity index is 570. The average Bonchev–Trinajstić information content (AvgIpc) is 2.91. The molecule has 0 bridgehead atoms. The second kappa shape index (κ2) is 5.87. The van der Waals surface area contributed by atoms with Gasteiger partial charge in [0.1, 0.15) is 5.69 Å². The van der Waals surface area contributed by atoms with Crippen molar-refractivity contribution in [3.8, 4) is 5.88 Å². The van der Waals surface area contributed by atoms with Crippen LogP contribution in [-0.4, -0.2) is 28.7 Å². The molecule has 0 saturated heterocycles. The highest BCUT2D eigenvalue weighted by atomic mass is 32.1. The van der Waals surface area contributed by atoms with Crippen LogP contribution in [0.1, 0.15) is 10.5 Å². The van der Waals surface area contributed by atoms with Crippen LogP contribution in [0.3, 0.4) is 0 Å². The Kier molecular flexibility index (Phi) is 4.18. The zero-order valence-electron chi connectivity index (χ0n) is 9.85. The van der Waals surface area contributed by atoms with Gasteiger partial charge in [-0.05, 0) is 6.07 Å². The van der Waals surface area contributed by atoms with Crippen molar-refractivity contribution < 1.29 is 22.7 Å². The van der Waals surface area contributed by atoms with Crippen molar-refractivity contribution in [1.82, 2.24) is 9.97 Å². The monoisotopic (exact) mass is 303 g/mol. The molecule has 0 aliphatic carbocycles. The van der Waals surface area contributed by atoms with Gasteiger partial charge in [0.2, 0.25) is 5.88 Å². The highest BCUT2D eigenvalue weighted by Crippen LogP contribution is 2.18. The van der Waals surface area contributed by atoms with Gasteiger partial charge in [-0.1, -0.05) is 0 Å². The molecule has 20 heavy (non-hydrogen) atoms. The number of thiazole rings is 1. The summed E-state index contributed by atoms with van der Waals surface area (Å²) in [5.74, 6) is -0.592. The van der Waals surface area contributed by atoms with Crippen molar-refractivity contribution >= 4 is 22.9 Å². The van der Waals surface area contributed by atoms with Gasteiger partial charge in [-0.2, -0.15) is 13.2 Å². The molecule has 0 aliphatic heterocycles. The number of hydrogen-bond donors (Lipinski definition) is 1. The molecule has 1 amide bonds. The molecular weight excluding hydrogens is 295 g/mol. The smallest absolute Gasteiger partial charge is 0.422 e. The number of hydrogen-bond acceptors (Lipinski definition) is 5. The maximum Gasteiger partial charge on any atom is 0.422 e. The lowest BCUT2D eigenvalue weighted by atomic mass is 10.4. The lowest BCUT2D eigenvalue weighted by molar-refractivity contribution is -0.154. The second-order valence-electron chi connectivity index (χ2n) is 3.62. The van der Waals surface area contributed by atoms with Crippen LogP contribution in [0.25, 0.3) is 0 Å². The summed E-state index contributed by atoms with van der Waals surface area (Å²) in [6.45, 7) is -1.41. The predicted molar refractivity (Wildman–Crippen MR) is 65.9 cm³/mol. The fourth-order valence-corrected chi connectivity index (χ4v) is 1.75. The number of rotatable bonds is 4. The van der Waals surface area contributed by atoms with Crippen LogP contribution in [0.2, 0.25) is 0 Å². The molecule has 2 aromatic heterocycles. The lowest BCUT2D eigenvalue weighted by Crippen LogP contribution is -2.19. The summed E-state index contributed by atoms with van der Waals surface area (Å²) in [6, 6.07) is 2.63. The molecule has 0 spiro atoms. The summed E-state index contributed by atoms with van der Waals surface area (Å²) < 4.78 is 40.2. The van der Waals surface area contributed by atoms with E-state index in [2.05, 4.69) is 20.0 Å². The molecule has 0 aliphatic rings. The Hall–Kier alpha value is -2.16. The van der Waals surface area contributed by atoms with Crippen LogP contribution in [0, 0.1) is 0 Å². The quantitative estimate of drug-likeness (QED) is 0.943. The first-order chi connectivity index (χ1) is 9.44. The Morgan fingerprint density at radius 1 is 1.35 bits per heavy atom. The van der Waals surface area contributed by atoms with Gasteiger partial charge in [0.15, 0.2) is 6.61 Å². The van der Waals surface area contributed by atoms with Gasteiger partial charge >= 0.3 is 6.18 Å². The number of pyridine rings is 1. The van der Waals surface area contributed by atoms with E-state index < -0.39 is 18.7 Å². The fourth-order valence-electron chi connectivity index (χ4n) is 1.22. The van der Waals surface area contributed by atoms with Crippen LogP contribution in [0.15, 0.2) is 29.2 Å². The Morgan fingerprint density at radius 2 is 2.15 bits per heavy atom. The molecule has 0 saturated carbocycles. The molecule has 106 valence electrons. The first kappa shape index (κ1) is 14.3. The number of nitrogens with zero attached hydrogens (tertiary/aromatic N) is 2. The molecule has 1 N–H and O–H groups in total. The minimum atomic E-state index is -4.42. The van der Waals surface area contributed by atoms with E-state index in [1.165, 1.54) is 35.2 Å². The lowest BCUT2D eigenvalue weighted by Gasteiger charge is -2.08. The first-order valence-electron chi connectivity index (χ1n) is 5.29. The van der Waals surface area contributed by atoms with Crippen molar-refractivity contribution in [2.24, 2.45) is 0 Å². The standard InChI is InChI=1S/C11H8F3N3O2S/c12-11(13,14)5-19-9-2-1-7(3-15-9)17-10(18)8-4-20-6-16-8/h1-4,6H,5H2,(H,17,18). The normalized spacial score (nSPS) is 11.2. The Labute approximate surface area is 115 Å². The molecule has 0 fully saturated rings. The number of anilines is 1. The number of halogens is 3. The van der Waals surface area contributed by atoms with E-state index in [0.717, 1.165) is 0 Å². The zero-order chi connectivity index (χ0) is 14.6. The maximum atomic E-state index is 11.9. The number of amides is 1. The Morgan fingerprint density at radius 3 is 2.70 bits per heavy atom. The average molecular weight is 303 g/mol. The number of alkyl halides is 3. The minimum absolute atomic E-state index is 0.172. The van der Waals surface area contributed by atoms with Crippen LogP contribution >= 0.6 is 11.3 Å². The number of aromatic nitrogens is 2. The second-order valence-corrected chi connectivity index (χ2v) is 4.34. The number of nitrogens with one attached hydrogen (secondary N) is 1. The van der Waals surface area contributed by atoms with Gasteiger partial charge in [-0.15, -0.1) is 11.3 Å². The molecule has 9 heteroatoms. The molecule has 2 rings (SSSR count). The molecule has 0 unspecified atom stereocenters. The van der Waals surface area contributed by atoms with Gasteiger partial charge in [0.05, 0.1) is 17.4 Å². The van der Waals surface area contributed by atoms with Gasteiger partial charge in [-0.25, -0.2) is 9.97 Å².